The second kappa shape index (κ2) is 6.49. The fourth-order valence-electron chi connectivity index (χ4n) is 2.68. The highest BCUT2D eigenvalue weighted by Gasteiger charge is 2.20. The van der Waals surface area contributed by atoms with Gasteiger partial charge in [-0.2, -0.15) is 0 Å². The number of pyridine rings is 1. The van der Waals surface area contributed by atoms with Crippen molar-refractivity contribution >= 4 is 28.3 Å². The normalized spacial score (nSPS) is 12.1. The maximum atomic E-state index is 12.8. The van der Waals surface area contributed by atoms with E-state index in [9.17, 15) is 9.59 Å². The van der Waals surface area contributed by atoms with Crippen LogP contribution < -0.4 is 5.56 Å². The van der Waals surface area contributed by atoms with Gasteiger partial charge < -0.3 is 9.88 Å². The zero-order valence-electron chi connectivity index (χ0n) is 13.4. The molecule has 0 bridgehead atoms. The number of aromatic amines is 1. The SMILES string of the molecule is CC(c1cccc(Cl)c1)N(C)C(=O)c1cc2ccccc2c(=O)[nH]1. The summed E-state index contributed by atoms with van der Waals surface area (Å²) in [4.78, 5) is 29.2. The molecule has 0 saturated heterocycles. The molecule has 122 valence electrons. The Bertz CT molecular complexity index is 965. The summed E-state index contributed by atoms with van der Waals surface area (Å²) in [5.74, 6) is -0.245. The molecule has 1 aromatic heterocycles. The summed E-state index contributed by atoms with van der Waals surface area (Å²) in [6.45, 7) is 1.92. The van der Waals surface area contributed by atoms with Crippen LogP contribution in [-0.4, -0.2) is 22.8 Å². The van der Waals surface area contributed by atoms with E-state index in [2.05, 4.69) is 4.98 Å². The number of halogens is 1. The van der Waals surface area contributed by atoms with Crippen molar-refractivity contribution in [3.05, 3.63) is 81.2 Å². The highest BCUT2D eigenvalue weighted by molar-refractivity contribution is 6.30. The van der Waals surface area contributed by atoms with E-state index in [0.717, 1.165) is 10.9 Å². The zero-order valence-corrected chi connectivity index (χ0v) is 14.2. The number of carbonyl (C=O) groups excluding carboxylic acids is 1. The Hall–Kier alpha value is -2.59. The van der Waals surface area contributed by atoms with E-state index >= 15 is 0 Å². The van der Waals surface area contributed by atoms with Crippen LogP contribution >= 0.6 is 11.6 Å². The summed E-state index contributed by atoms with van der Waals surface area (Å²) in [7, 11) is 1.71. The van der Waals surface area contributed by atoms with E-state index in [1.54, 1.807) is 36.2 Å². The van der Waals surface area contributed by atoms with Crippen molar-refractivity contribution in [3.63, 3.8) is 0 Å². The van der Waals surface area contributed by atoms with Gasteiger partial charge in [-0.05, 0) is 42.1 Å². The molecular formula is C19H17ClN2O2. The number of fused-ring (bicyclic) bond motifs is 1. The molecule has 1 N–H and O–H groups in total. The lowest BCUT2D eigenvalue weighted by atomic mass is 10.1. The quantitative estimate of drug-likeness (QED) is 0.783. The Labute approximate surface area is 144 Å². The molecule has 4 nitrogen and oxygen atoms in total. The standard InChI is InChI=1S/C19H17ClN2O2/c1-12(13-7-5-8-15(20)10-13)22(2)19(24)17-11-14-6-3-4-9-16(14)18(23)21-17/h3-12H,1-2H3,(H,21,23). The Morgan fingerprint density at radius 3 is 2.62 bits per heavy atom. The molecule has 1 heterocycles. The Kier molecular flexibility index (Phi) is 4.40. The van der Waals surface area contributed by atoms with Crippen molar-refractivity contribution < 1.29 is 4.79 Å². The van der Waals surface area contributed by atoms with E-state index in [4.69, 9.17) is 11.6 Å². The summed E-state index contributed by atoms with van der Waals surface area (Å²) >= 11 is 6.03. The third-order valence-corrected chi connectivity index (χ3v) is 4.45. The minimum atomic E-state index is -0.264. The van der Waals surface area contributed by atoms with Crippen LogP contribution in [0.25, 0.3) is 10.8 Å². The number of benzene rings is 2. The number of nitrogens with zero attached hydrogens (tertiary/aromatic N) is 1. The molecule has 0 aliphatic carbocycles. The molecule has 1 atom stereocenters. The molecule has 0 aliphatic rings. The summed E-state index contributed by atoms with van der Waals surface area (Å²) in [5.41, 5.74) is 0.942. The van der Waals surface area contributed by atoms with Gasteiger partial charge in [0.15, 0.2) is 0 Å². The number of hydrogen-bond donors (Lipinski definition) is 1. The van der Waals surface area contributed by atoms with Crippen molar-refractivity contribution in [2.45, 2.75) is 13.0 Å². The fraction of sp³-hybridized carbons (Fsp3) is 0.158. The van der Waals surface area contributed by atoms with Gasteiger partial charge >= 0.3 is 0 Å². The summed E-state index contributed by atoms with van der Waals surface area (Å²) in [6.07, 6.45) is 0. The largest absolute Gasteiger partial charge is 0.334 e. The summed E-state index contributed by atoms with van der Waals surface area (Å²) < 4.78 is 0. The number of aromatic nitrogens is 1. The van der Waals surface area contributed by atoms with Gasteiger partial charge in [0.1, 0.15) is 5.69 Å². The molecule has 0 aliphatic heterocycles. The number of H-pyrrole nitrogens is 1. The van der Waals surface area contributed by atoms with E-state index in [1.807, 2.05) is 37.3 Å². The van der Waals surface area contributed by atoms with Crippen LogP contribution in [0.3, 0.4) is 0 Å². The van der Waals surface area contributed by atoms with Gasteiger partial charge in [0.05, 0.1) is 6.04 Å². The molecule has 3 aromatic rings. The van der Waals surface area contributed by atoms with Crippen molar-refractivity contribution in [2.75, 3.05) is 7.05 Å². The average molecular weight is 341 g/mol. The van der Waals surface area contributed by atoms with Gasteiger partial charge in [0.2, 0.25) is 0 Å². The number of amides is 1. The highest BCUT2D eigenvalue weighted by atomic mass is 35.5. The second-order valence-corrected chi connectivity index (χ2v) is 6.18. The fourth-order valence-corrected chi connectivity index (χ4v) is 2.88. The molecule has 0 radical (unpaired) electrons. The summed E-state index contributed by atoms with van der Waals surface area (Å²) in [6, 6.07) is 16.1. The van der Waals surface area contributed by atoms with Crippen LogP contribution in [0.4, 0.5) is 0 Å². The highest BCUT2D eigenvalue weighted by Crippen LogP contribution is 2.23. The van der Waals surface area contributed by atoms with Gasteiger partial charge in [-0.25, -0.2) is 0 Å². The Balaban J connectivity index is 1.95. The van der Waals surface area contributed by atoms with Crippen LogP contribution in [0.15, 0.2) is 59.4 Å². The van der Waals surface area contributed by atoms with Gasteiger partial charge in [0.25, 0.3) is 11.5 Å². The molecule has 0 spiro atoms. The molecule has 24 heavy (non-hydrogen) atoms. The van der Waals surface area contributed by atoms with E-state index in [0.29, 0.717) is 10.4 Å². The van der Waals surface area contributed by atoms with Crippen molar-refractivity contribution in [3.8, 4) is 0 Å². The van der Waals surface area contributed by atoms with Crippen LogP contribution in [-0.2, 0) is 0 Å². The van der Waals surface area contributed by atoms with Gasteiger partial charge in [-0.1, -0.05) is 41.9 Å². The van der Waals surface area contributed by atoms with Crippen molar-refractivity contribution in [1.82, 2.24) is 9.88 Å². The van der Waals surface area contributed by atoms with E-state index in [-0.39, 0.29) is 23.2 Å². The van der Waals surface area contributed by atoms with Crippen LogP contribution in [0, 0.1) is 0 Å². The maximum Gasteiger partial charge on any atom is 0.270 e. The number of nitrogens with one attached hydrogen (secondary N) is 1. The number of hydrogen-bond acceptors (Lipinski definition) is 2. The topological polar surface area (TPSA) is 53.2 Å². The zero-order chi connectivity index (χ0) is 17.3. The first-order chi connectivity index (χ1) is 11.5. The van der Waals surface area contributed by atoms with Crippen LogP contribution in [0.2, 0.25) is 5.02 Å². The Morgan fingerprint density at radius 2 is 1.88 bits per heavy atom. The third kappa shape index (κ3) is 3.05. The first-order valence-corrected chi connectivity index (χ1v) is 8.00. The second-order valence-electron chi connectivity index (χ2n) is 5.75. The average Bonchev–Trinajstić information content (AvgIpc) is 2.59. The molecule has 5 heteroatoms. The number of rotatable bonds is 3. The number of carbonyl (C=O) groups is 1. The van der Waals surface area contributed by atoms with Gasteiger partial charge in [0, 0.05) is 17.5 Å². The Morgan fingerprint density at radius 1 is 1.12 bits per heavy atom. The smallest absolute Gasteiger partial charge is 0.270 e. The lowest BCUT2D eigenvalue weighted by Crippen LogP contribution is -2.31. The van der Waals surface area contributed by atoms with Crippen molar-refractivity contribution in [1.29, 1.82) is 0 Å². The van der Waals surface area contributed by atoms with Crippen molar-refractivity contribution in [2.24, 2.45) is 0 Å². The van der Waals surface area contributed by atoms with E-state index < -0.39 is 0 Å². The minimum absolute atomic E-state index is 0.175. The monoisotopic (exact) mass is 340 g/mol. The third-order valence-electron chi connectivity index (χ3n) is 4.22. The lowest BCUT2D eigenvalue weighted by molar-refractivity contribution is 0.0736. The van der Waals surface area contributed by atoms with Crippen LogP contribution in [0.5, 0.6) is 0 Å². The maximum absolute atomic E-state index is 12.8. The molecule has 3 rings (SSSR count). The van der Waals surface area contributed by atoms with Gasteiger partial charge in [-0.15, -0.1) is 0 Å². The lowest BCUT2D eigenvalue weighted by Gasteiger charge is -2.25. The first-order valence-electron chi connectivity index (χ1n) is 7.62. The molecule has 0 saturated carbocycles. The predicted molar refractivity (Wildman–Crippen MR) is 96.5 cm³/mol. The van der Waals surface area contributed by atoms with E-state index in [1.165, 1.54) is 0 Å². The first kappa shape index (κ1) is 16.3. The molecule has 1 amide bonds. The molecule has 2 aromatic carbocycles. The van der Waals surface area contributed by atoms with Crippen LogP contribution in [0.1, 0.15) is 29.0 Å². The molecule has 0 fully saturated rings. The molecule has 1 unspecified atom stereocenters. The van der Waals surface area contributed by atoms with Gasteiger partial charge in [-0.3, -0.25) is 9.59 Å². The summed E-state index contributed by atoms with van der Waals surface area (Å²) in [5, 5.41) is 1.94. The predicted octanol–water partition coefficient (Wildman–Crippen LogP) is 4.01. The molecular weight excluding hydrogens is 324 g/mol. The minimum Gasteiger partial charge on any atom is -0.334 e.